The molecule has 3 aromatic heterocycles. The lowest BCUT2D eigenvalue weighted by Gasteiger charge is -2.33. The second-order valence-electron chi connectivity index (χ2n) is 12.1. The number of nitrogens with zero attached hydrogens (tertiary/aromatic N) is 9. The molecule has 0 bridgehead atoms. The van der Waals surface area contributed by atoms with Gasteiger partial charge in [0.05, 0.1) is 29.9 Å². The lowest BCUT2D eigenvalue weighted by atomic mass is 10.1. The first-order chi connectivity index (χ1) is 22.3. The van der Waals surface area contributed by atoms with Crippen molar-refractivity contribution < 1.29 is 26.0 Å². The summed E-state index contributed by atoms with van der Waals surface area (Å²) in [5.74, 6) is -0.209. The van der Waals surface area contributed by atoms with Crippen LogP contribution in [0.3, 0.4) is 0 Å². The molecule has 0 saturated carbocycles. The van der Waals surface area contributed by atoms with Gasteiger partial charge in [0.15, 0.2) is 5.03 Å². The zero-order valence-electron chi connectivity index (χ0n) is 26.2. The second kappa shape index (κ2) is 12.9. The zero-order valence-corrected chi connectivity index (χ0v) is 27.0. The first-order valence-electron chi connectivity index (χ1n) is 15.2. The minimum Gasteiger partial charge on any atom is -0.348 e. The van der Waals surface area contributed by atoms with Crippen LogP contribution in [0.25, 0.3) is 16.9 Å². The van der Waals surface area contributed by atoms with Crippen LogP contribution in [-0.2, 0) is 29.8 Å². The van der Waals surface area contributed by atoms with Gasteiger partial charge in [-0.3, -0.25) is 4.90 Å². The molecule has 0 unspecified atom stereocenters. The Balaban J connectivity index is 1.19. The van der Waals surface area contributed by atoms with Crippen molar-refractivity contribution in [3.05, 3.63) is 66.0 Å². The molecule has 0 radical (unpaired) electrons. The highest BCUT2D eigenvalue weighted by atomic mass is 32.2. The molecule has 0 amide bonds. The van der Waals surface area contributed by atoms with Gasteiger partial charge >= 0.3 is 6.18 Å². The molecule has 252 valence electrons. The molecule has 2 saturated heterocycles. The molecule has 4 aromatic rings. The first-order valence-corrected chi connectivity index (χ1v) is 16.6. The van der Waals surface area contributed by atoms with Crippen LogP contribution < -0.4 is 5.32 Å². The maximum absolute atomic E-state index is 15.3. The summed E-state index contributed by atoms with van der Waals surface area (Å²) in [6, 6.07) is 5.03. The van der Waals surface area contributed by atoms with Gasteiger partial charge in [-0.2, -0.15) is 22.6 Å². The van der Waals surface area contributed by atoms with Gasteiger partial charge in [-0.05, 0) is 37.6 Å². The number of rotatable bonds is 8. The van der Waals surface area contributed by atoms with Crippen LogP contribution in [-0.4, -0.2) is 110 Å². The Kier molecular flexibility index (Phi) is 9.08. The molecule has 1 aromatic carbocycles. The Morgan fingerprint density at radius 1 is 1.02 bits per heavy atom. The maximum Gasteiger partial charge on any atom is 0.419 e. The number of anilines is 1. The average Bonchev–Trinajstić information content (AvgIpc) is 3.69. The summed E-state index contributed by atoms with van der Waals surface area (Å²) in [5.41, 5.74) is 1.41. The van der Waals surface area contributed by atoms with E-state index >= 15 is 4.39 Å². The molecule has 12 nitrogen and oxygen atoms in total. The van der Waals surface area contributed by atoms with Gasteiger partial charge in [-0.1, -0.05) is 12.1 Å². The highest BCUT2D eigenvalue weighted by molar-refractivity contribution is 7.89. The first kappa shape index (κ1) is 33.0. The van der Waals surface area contributed by atoms with Crippen molar-refractivity contribution in [2.45, 2.75) is 43.3 Å². The molecule has 0 aliphatic carbocycles. The quantitative estimate of drug-likeness (QED) is 0.281. The highest BCUT2D eigenvalue weighted by Crippen LogP contribution is 2.36. The van der Waals surface area contributed by atoms with Crippen LogP contribution in [0.2, 0.25) is 0 Å². The average molecular weight is 677 g/mol. The lowest BCUT2D eigenvalue weighted by molar-refractivity contribution is -0.137. The molecule has 6 rings (SSSR count). The monoisotopic (exact) mass is 676 g/mol. The largest absolute Gasteiger partial charge is 0.419 e. The van der Waals surface area contributed by atoms with Crippen molar-refractivity contribution in [2.75, 3.05) is 51.6 Å². The number of aryl methyl sites for hydroxylation is 2. The minimum absolute atomic E-state index is 0.0230. The van der Waals surface area contributed by atoms with Crippen LogP contribution >= 0.6 is 0 Å². The van der Waals surface area contributed by atoms with Gasteiger partial charge in [0.25, 0.3) is 10.0 Å². The third kappa shape index (κ3) is 7.17. The van der Waals surface area contributed by atoms with Crippen LogP contribution in [0.4, 0.5) is 23.5 Å². The zero-order chi connectivity index (χ0) is 33.5. The van der Waals surface area contributed by atoms with Gasteiger partial charge in [0.1, 0.15) is 11.7 Å². The van der Waals surface area contributed by atoms with Crippen LogP contribution in [0.1, 0.15) is 23.1 Å². The maximum atomic E-state index is 15.3. The number of aromatic nitrogens is 6. The molecule has 2 atom stereocenters. The standard InChI is InChI=1S/C30H36F4N10O2S/c1-20-12-21(15-42-10-8-40(2)9-11-42)4-5-26(20)44-16-22(13-37-44)28-23(30(32,33)34)14-35-29(39-28)38-25-6-7-43(17-24(25)31)47(45,46)27-18-41(3)19-36-27/h4-5,12-14,16,18-19,24-25H,6-11,15,17H2,1-3H3,(H,35,38,39)/t24-,25+/m1/s1. The van der Waals surface area contributed by atoms with Crippen molar-refractivity contribution in [1.29, 1.82) is 0 Å². The molecule has 1 N–H and O–H groups in total. The van der Waals surface area contributed by atoms with E-state index in [0.717, 1.165) is 48.2 Å². The second-order valence-corrected chi connectivity index (χ2v) is 14.0. The third-order valence-electron chi connectivity index (χ3n) is 8.56. The van der Waals surface area contributed by atoms with Gasteiger partial charge < -0.3 is 14.8 Å². The fourth-order valence-electron chi connectivity index (χ4n) is 5.87. The number of nitrogens with one attached hydrogen (secondary N) is 1. The van der Waals surface area contributed by atoms with Gasteiger partial charge in [0.2, 0.25) is 5.95 Å². The van der Waals surface area contributed by atoms with Gasteiger partial charge in [-0.15, -0.1) is 0 Å². The summed E-state index contributed by atoms with van der Waals surface area (Å²) in [6.45, 7) is 6.25. The number of hydrogen-bond donors (Lipinski definition) is 1. The predicted molar refractivity (Wildman–Crippen MR) is 166 cm³/mol. The van der Waals surface area contributed by atoms with Crippen molar-refractivity contribution >= 4 is 16.0 Å². The minimum atomic E-state index is -4.76. The van der Waals surface area contributed by atoms with Crippen molar-refractivity contribution in [2.24, 2.45) is 7.05 Å². The Morgan fingerprint density at radius 3 is 2.45 bits per heavy atom. The van der Waals surface area contributed by atoms with E-state index in [1.165, 1.54) is 34.2 Å². The molecule has 2 aliphatic rings. The molecule has 2 fully saturated rings. The van der Waals surface area contributed by atoms with Crippen LogP contribution in [0, 0.1) is 6.92 Å². The van der Waals surface area contributed by atoms with E-state index in [1.54, 1.807) is 7.05 Å². The number of piperazine rings is 1. The SMILES string of the molecule is Cc1cc(CN2CCN(C)CC2)ccc1-n1cc(-c2nc(N[C@H]3CCN(S(=O)(=O)c4cn(C)cn4)C[C@H]3F)ncc2C(F)(F)F)cn1. The number of hydrogen-bond acceptors (Lipinski definition) is 9. The van der Waals surface area contributed by atoms with Gasteiger partial charge in [-0.25, -0.2) is 32.4 Å². The molecule has 47 heavy (non-hydrogen) atoms. The van der Waals surface area contributed by atoms with Crippen molar-refractivity contribution in [1.82, 2.24) is 43.4 Å². The Labute approximate surface area is 270 Å². The summed E-state index contributed by atoms with van der Waals surface area (Å²) in [6.07, 6.45) is -0.293. The Bertz CT molecular complexity index is 1840. The molecule has 5 heterocycles. The van der Waals surface area contributed by atoms with E-state index in [-0.39, 0.29) is 29.5 Å². The Hall–Kier alpha value is -3.93. The van der Waals surface area contributed by atoms with E-state index in [1.807, 2.05) is 19.1 Å². The fourth-order valence-corrected chi connectivity index (χ4v) is 7.30. The van der Waals surface area contributed by atoms with Crippen molar-refractivity contribution in [3.8, 4) is 16.9 Å². The molecule has 17 heteroatoms. The fraction of sp³-hybridized carbons (Fsp3) is 0.467. The predicted octanol–water partition coefficient (Wildman–Crippen LogP) is 3.35. The van der Waals surface area contributed by atoms with E-state index in [4.69, 9.17) is 0 Å². The molecular weight excluding hydrogens is 640 g/mol. The summed E-state index contributed by atoms with van der Waals surface area (Å²) in [7, 11) is -0.276. The number of halogens is 4. The number of imidazole rings is 1. The van der Waals surface area contributed by atoms with E-state index < -0.39 is 46.2 Å². The normalized spacial score (nSPS) is 20.5. The molecular formula is C30H36F4N10O2S. The lowest BCUT2D eigenvalue weighted by Crippen LogP contribution is -2.50. The van der Waals surface area contributed by atoms with Crippen molar-refractivity contribution in [3.63, 3.8) is 0 Å². The smallest absolute Gasteiger partial charge is 0.348 e. The number of piperidine rings is 1. The number of alkyl halides is 4. The summed E-state index contributed by atoms with van der Waals surface area (Å²) < 4.78 is 87.3. The number of sulfonamides is 1. The topological polar surface area (TPSA) is 117 Å². The van der Waals surface area contributed by atoms with Crippen LogP contribution in [0.5, 0.6) is 0 Å². The Morgan fingerprint density at radius 2 is 1.79 bits per heavy atom. The van der Waals surface area contributed by atoms with E-state index in [0.29, 0.717) is 11.9 Å². The van der Waals surface area contributed by atoms with Gasteiger partial charge in [0, 0.05) is 77.0 Å². The molecule has 2 aliphatic heterocycles. The number of likely N-dealkylation sites (N-methyl/N-ethyl adjacent to an activating group) is 1. The highest BCUT2D eigenvalue weighted by Gasteiger charge is 2.39. The van der Waals surface area contributed by atoms with E-state index in [9.17, 15) is 21.6 Å². The summed E-state index contributed by atoms with van der Waals surface area (Å²) >= 11 is 0. The number of benzene rings is 1. The summed E-state index contributed by atoms with van der Waals surface area (Å²) in [4.78, 5) is 16.5. The summed E-state index contributed by atoms with van der Waals surface area (Å²) in [5, 5.41) is 6.94. The van der Waals surface area contributed by atoms with E-state index in [2.05, 4.69) is 48.3 Å². The third-order valence-corrected chi connectivity index (χ3v) is 10.3. The van der Waals surface area contributed by atoms with Crippen LogP contribution in [0.15, 0.2) is 54.3 Å². The molecule has 0 spiro atoms.